The number of aliphatic carboxylic acids is 2. The predicted molar refractivity (Wildman–Crippen MR) is 98.7 cm³/mol. The molecule has 0 radical (unpaired) electrons. The van der Waals surface area contributed by atoms with Crippen LogP contribution in [-0.2, 0) is 9.59 Å². The van der Waals surface area contributed by atoms with Gasteiger partial charge in [-0.1, -0.05) is 89.7 Å². The van der Waals surface area contributed by atoms with Crippen molar-refractivity contribution in [3.63, 3.8) is 0 Å². The Balaban J connectivity index is 0. The van der Waals surface area contributed by atoms with Crippen LogP contribution in [0.1, 0.15) is 96.8 Å². The van der Waals surface area contributed by atoms with Gasteiger partial charge in [-0.25, -0.2) is 0 Å². The Morgan fingerprint density at radius 3 is 1.64 bits per heavy atom. The van der Waals surface area contributed by atoms with Gasteiger partial charge in [0, 0.05) is 17.9 Å². The Labute approximate surface area is 169 Å². The molecule has 0 rings (SSSR count). The van der Waals surface area contributed by atoms with Crippen LogP contribution in [0, 0.1) is 5.92 Å². The molecule has 0 fully saturated rings. The van der Waals surface area contributed by atoms with E-state index in [-0.39, 0.29) is 23.1 Å². The second-order valence-electron chi connectivity index (χ2n) is 6.61. The van der Waals surface area contributed by atoms with Gasteiger partial charge >= 0.3 is 23.1 Å². The average molecular weight is 363 g/mol. The van der Waals surface area contributed by atoms with E-state index < -0.39 is 24.3 Å². The van der Waals surface area contributed by atoms with Crippen LogP contribution in [0.25, 0.3) is 0 Å². The molecule has 0 aliphatic rings. The molecule has 0 aliphatic carbocycles. The van der Waals surface area contributed by atoms with Gasteiger partial charge in [0.2, 0.25) is 0 Å². The fourth-order valence-electron chi connectivity index (χ4n) is 2.77. The molecule has 0 heterocycles. The molecule has 0 aromatic heterocycles. The Bertz CT molecular complexity index is 356. The molecule has 0 N–H and O–H groups in total. The van der Waals surface area contributed by atoms with E-state index in [9.17, 15) is 19.8 Å². The van der Waals surface area contributed by atoms with Crippen LogP contribution in [0.5, 0.6) is 0 Å². The minimum absolute atomic E-state index is 0. The first-order valence-corrected chi connectivity index (χ1v) is 9.65. The SMILES string of the molecule is CCCCCCCCCCCCCC/C=C/C(CC(=O)[O-])C(=O)[O-].[Mg+2]. The molecule has 0 spiro atoms. The molecule has 0 aliphatic heterocycles. The zero-order valence-corrected chi connectivity index (χ0v) is 17.4. The Morgan fingerprint density at radius 1 is 0.800 bits per heavy atom. The number of unbranched alkanes of at least 4 members (excludes halogenated alkanes) is 12. The largest absolute Gasteiger partial charge is 2.00 e. The number of hydrogen-bond donors (Lipinski definition) is 0. The summed E-state index contributed by atoms with van der Waals surface area (Å²) >= 11 is 0. The molecule has 0 saturated carbocycles. The maximum atomic E-state index is 10.7. The first-order chi connectivity index (χ1) is 11.6. The van der Waals surface area contributed by atoms with Crippen molar-refractivity contribution in [2.75, 3.05) is 0 Å². The standard InChI is InChI=1S/C20H36O4.Mg/c1-2-3-4-5-6-7-8-9-10-11-12-13-14-15-16-18(20(23)24)17-19(21)22;/h15-16,18H,2-14,17H2,1H3,(H,21,22)(H,23,24);/q;+2/p-2/b16-15+;. The van der Waals surface area contributed by atoms with Crippen molar-refractivity contribution in [3.05, 3.63) is 12.2 Å². The summed E-state index contributed by atoms with van der Waals surface area (Å²) in [6.45, 7) is 2.24. The van der Waals surface area contributed by atoms with Gasteiger partial charge in [0.15, 0.2) is 0 Å². The van der Waals surface area contributed by atoms with E-state index in [1.54, 1.807) is 6.08 Å². The number of carbonyl (C=O) groups excluding carboxylic acids is 2. The van der Waals surface area contributed by atoms with Crippen molar-refractivity contribution in [3.8, 4) is 0 Å². The van der Waals surface area contributed by atoms with E-state index in [1.807, 2.05) is 0 Å². The third-order valence-corrected chi connectivity index (χ3v) is 4.28. The third-order valence-electron chi connectivity index (χ3n) is 4.28. The van der Waals surface area contributed by atoms with Gasteiger partial charge in [-0.15, -0.1) is 0 Å². The summed E-state index contributed by atoms with van der Waals surface area (Å²) in [5.41, 5.74) is 0. The molecule has 1 atom stereocenters. The molecule has 0 saturated heterocycles. The van der Waals surface area contributed by atoms with E-state index in [2.05, 4.69) is 6.92 Å². The summed E-state index contributed by atoms with van der Waals surface area (Å²) in [5.74, 6) is -3.79. The third kappa shape index (κ3) is 19.6. The topological polar surface area (TPSA) is 80.3 Å². The summed E-state index contributed by atoms with van der Waals surface area (Å²) in [5, 5.41) is 21.2. The Morgan fingerprint density at radius 2 is 1.24 bits per heavy atom. The second-order valence-corrected chi connectivity index (χ2v) is 6.61. The first-order valence-electron chi connectivity index (χ1n) is 9.65. The average Bonchev–Trinajstić information content (AvgIpc) is 2.53. The molecule has 4 nitrogen and oxygen atoms in total. The molecule has 0 bridgehead atoms. The maximum Gasteiger partial charge on any atom is 2.00 e. The summed E-state index contributed by atoms with van der Waals surface area (Å²) < 4.78 is 0. The fourth-order valence-corrected chi connectivity index (χ4v) is 2.77. The number of carboxylic acids is 2. The zero-order valence-electron chi connectivity index (χ0n) is 16.0. The number of hydrogen-bond acceptors (Lipinski definition) is 4. The van der Waals surface area contributed by atoms with Crippen LogP contribution in [0.2, 0.25) is 0 Å². The van der Waals surface area contributed by atoms with Crippen molar-refractivity contribution >= 4 is 35.0 Å². The first kappa shape index (κ1) is 26.7. The molecular weight excluding hydrogens is 329 g/mol. The summed E-state index contributed by atoms with van der Waals surface area (Å²) in [7, 11) is 0. The molecule has 140 valence electrons. The van der Waals surface area contributed by atoms with Crippen LogP contribution in [0.3, 0.4) is 0 Å². The van der Waals surface area contributed by atoms with Crippen molar-refractivity contribution in [1.29, 1.82) is 0 Å². The second kappa shape index (κ2) is 19.8. The Kier molecular flexibility index (Phi) is 21.1. The Hall–Kier alpha value is -0.554. The number of carbonyl (C=O) groups is 2. The van der Waals surface area contributed by atoms with E-state index >= 15 is 0 Å². The normalized spacial score (nSPS) is 12.0. The van der Waals surface area contributed by atoms with Crippen molar-refractivity contribution in [2.45, 2.75) is 96.8 Å². The van der Waals surface area contributed by atoms with Crippen molar-refractivity contribution in [1.82, 2.24) is 0 Å². The zero-order chi connectivity index (χ0) is 18.0. The van der Waals surface area contributed by atoms with Gasteiger partial charge in [-0.05, 0) is 19.3 Å². The smallest absolute Gasteiger partial charge is 0.550 e. The molecule has 1 unspecified atom stereocenters. The minimum atomic E-state index is -1.36. The molecule has 25 heavy (non-hydrogen) atoms. The predicted octanol–water partition coefficient (Wildman–Crippen LogP) is 2.76. The van der Waals surface area contributed by atoms with Gasteiger partial charge < -0.3 is 19.8 Å². The van der Waals surface area contributed by atoms with Crippen molar-refractivity contribution in [2.24, 2.45) is 5.92 Å². The van der Waals surface area contributed by atoms with Crippen LogP contribution in [0.15, 0.2) is 12.2 Å². The van der Waals surface area contributed by atoms with Crippen molar-refractivity contribution < 1.29 is 19.8 Å². The summed E-state index contributed by atoms with van der Waals surface area (Å²) in [6, 6.07) is 0. The van der Waals surface area contributed by atoms with Crippen LogP contribution >= 0.6 is 0 Å². The van der Waals surface area contributed by atoms with Crippen LogP contribution < -0.4 is 10.2 Å². The van der Waals surface area contributed by atoms with Gasteiger partial charge in [0.25, 0.3) is 0 Å². The van der Waals surface area contributed by atoms with Gasteiger partial charge in [-0.2, -0.15) is 0 Å². The van der Waals surface area contributed by atoms with E-state index in [0.717, 1.165) is 19.3 Å². The van der Waals surface area contributed by atoms with Crippen LogP contribution in [-0.4, -0.2) is 35.0 Å². The quantitative estimate of drug-likeness (QED) is 0.226. The molecule has 0 aromatic carbocycles. The van der Waals surface area contributed by atoms with E-state index in [1.165, 1.54) is 70.3 Å². The maximum absolute atomic E-state index is 10.7. The van der Waals surface area contributed by atoms with E-state index in [4.69, 9.17) is 0 Å². The summed E-state index contributed by atoms with van der Waals surface area (Å²) in [6.07, 6.45) is 18.9. The number of rotatable bonds is 17. The molecule has 5 heteroatoms. The minimum Gasteiger partial charge on any atom is -0.550 e. The van der Waals surface area contributed by atoms with E-state index in [0.29, 0.717) is 0 Å². The van der Waals surface area contributed by atoms with Gasteiger partial charge in [-0.3, -0.25) is 0 Å². The van der Waals surface area contributed by atoms with Gasteiger partial charge in [0.1, 0.15) is 0 Å². The van der Waals surface area contributed by atoms with Gasteiger partial charge in [0.05, 0.1) is 0 Å². The monoisotopic (exact) mass is 362 g/mol. The number of allylic oxidation sites excluding steroid dienone is 1. The molecule has 0 amide bonds. The fraction of sp³-hybridized carbons (Fsp3) is 0.800. The van der Waals surface area contributed by atoms with Crippen LogP contribution in [0.4, 0.5) is 0 Å². The summed E-state index contributed by atoms with van der Waals surface area (Å²) in [4.78, 5) is 21.2. The molecular formula is C20H34MgO4. The molecule has 0 aromatic rings. The number of carboxylic acid groups (broad SMARTS) is 2.